The van der Waals surface area contributed by atoms with Gasteiger partial charge < -0.3 is 19.2 Å². The van der Waals surface area contributed by atoms with Gasteiger partial charge in [0.1, 0.15) is 22.8 Å². The van der Waals surface area contributed by atoms with E-state index in [9.17, 15) is 0 Å². The minimum atomic E-state index is 0.718. The first-order valence-corrected chi connectivity index (χ1v) is 6.56. The molecule has 4 nitrogen and oxygen atoms in total. The second kappa shape index (κ2) is 5.97. The lowest BCUT2D eigenvalue weighted by atomic mass is 10.0. The van der Waals surface area contributed by atoms with Crippen molar-refractivity contribution >= 4 is 11.0 Å². The average Bonchev–Trinajstić information content (AvgIpc) is 2.76. The van der Waals surface area contributed by atoms with Gasteiger partial charge in [0.25, 0.3) is 0 Å². The SMILES string of the molecule is CCCc1c(CNC)oc2cc(OC)cc(OC)c12. The highest BCUT2D eigenvalue weighted by Crippen LogP contribution is 2.37. The van der Waals surface area contributed by atoms with Crippen LogP contribution in [0.2, 0.25) is 0 Å². The summed E-state index contributed by atoms with van der Waals surface area (Å²) < 4.78 is 16.7. The van der Waals surface area contributed by atoms with Crippen molar-refractivity contribution in [2.75, 3.05) is 21.3 Å². The minimum absolute atomic E-state index is 0.718. The lowest BCUT2D eigenvalue weighted by molar-refractivity contribution is 0.397. The van der Waals surface area contributed by atoms with E-state index in [2.05, 4.69) is 12.2 Å². The van der Waals surface area contributed by atoms with Crippen molar-refractivity contribution in [1.82, 2.24) is 5.32 Å². The third kappa shape index (κ3) is 2.54. The van der Waals surface area contributed by atoms with Crippen LogP contribution in [0, 0.1) is 0 Å². The third-order valence-corrected chi connectivity index (χ3v) is 3.20. The van der Waals surface area contributed by atoms with E-state index in [1.165, 1.54) is 5.56 Å². The Balaban J connectivity index is 2.67. The molecule has 2 aromatic rings. The number of fused-ring (bicyclic) bond motifs is 1. The Morgan fingerprint density at radius 3 is 2.58 bits per heavy atom. The fourth-order valence-electron chi connectivity index (χ4n) is 2.37. The zero-order valence-electron chi connectivity index (χ0n) is 12.0. The van der Waals surface area contributed by atoms with Crippen molar-refractivity contribution in [2.45, 2.75) is 26.3 Å². The predicted molar refractivity (Wildman–Crippen MR) is 76.1 cm³/mol. The second-order valence-electron chi connectivity index (χ2n) is 4.49. The molecular formula is C15H21NO3. The molecule has 2 rings (SSSR count). The van der Waals surface area contributed by atoms with E-state index in [0.717, 1.165) is 47.6 Å². The third-order valence-electron chi connectivity index (χ3n) is 3.20. The quantitative estimate of drug-likeness (QED) is 0.869. The van der Waals surface area contributed by atoms with Gasteiger partial charge in [-0.1, -0.05) is 13.3 Å². The molecule has 1 aromatic heterocycles. The highest BCUT2D eigenvalue weighted by Gasteiger charge is 2.18. The van der Waals surface area contributed by atoms with Gasteiger partial charge in [-0.15, -0.1) is 0 Å². The second-order valence-corrected chi connectivity index (χ2v) is 4.49. The molecule has 0 saturated carbocycles. The molecule has 0 aliphatic rings. The Morgan fingerprint density at radius 1 is 1.21 bits per heavy atom. The molecule has 1 N–H and O–H groups in total. The van der Waals surface area contributed by atoms with Crippen LogP contribution in [0.1, 0.15) is 24.7 Å². The fraction of sp³-hybridized carbons (Fsp3) is 0.467. The summed E-state index contributed by atoms with van der Waals surface area (Å²) in [5.74, 6) is 2.53. The monoisotopic (exact) mass is 263 g/mol. The van der Waals surface area contributed by atoms with Crippen molar-refractivity contribution < 1.29 is 13.9 Å². The van der Waals surface area contributed by atoms with Gasteiger partial charge in [0.15, 0.2) is 0 Å². The standard InChI is InChI=1S/C15H21NO3/c1-5-6-11-14(9-16-2)19-13-8-10(17-3)7-12(18-4)15(11)13/h7-8,16H,5-6,9H2,1-4H3. The van der Waals surface area contributed by atoms with Gasteiger partial charge in [0.05, 0.1) is 26.2 Å². The summed E-state index contributed by atoms with van der Waals surface area (Å²) in [5, 5.41) is 4.21. The van der Waals surface area contributed by atoms with Crippen molar-refractivity contribution in [3.63, 3.8) is 0 Å². The molecule has 4 heteroatoms. The van der Waals surface area contributed by atoms with Crippen molar-refractivity contribution in [2.24, 2.45) is 0 Å². The van der Waals surface area contributed by atoms with Gasteiger partial charge in [-0.05, 0) is 13.5 Å². The van der Waals surface area contributed by atoms with Crippen molar-refractivity contribution in [1.29, 1.82) is 0 Å². The first kappa shape index (κ1) is 13.7. The number of rotatable bonds is 6. The molecule has 1 aromatic carbocycles. The van der Waals surface area contributed by atoms with E-state index in [-0.39, 0.29) is 0 Å². The topological polar surface area (TPSA) is 43.6 Å². The van der Waals surface area contributed by atoms with Crippen LogP contribution in [0.3, 0.4) is 0 Å². The number of furan rings is 1. The van der Waals surface area contributed by atoms with E-state index in [4.69, 9.17) is 13.9 Å². The molecule has 0 radical (unpaired) electrons. The van der Waals surface area contributed by atoms with Crippen LogP contribution in [0.5, 0.6) is 11.5 Å². The van der Waals surface area contributed by atoms with Crippen molar-refractivity contribution in [3.8, 4) is 11.5 Å². The summed E-state index contributed by atoms with van der Waals surface area (Å²) >= 11 is 0. The Morgan fingerprint density at radius 2 is 2.00 bits per heavy atom. The van der Waals surface area contributed by atoms with E-state index in [0.29, 0.717) is 0 Å². The van der Waals surface area contributed by atoms with E-state index in [1.807, 2.05) is 19.2 Å². The molecule has 0 aliphatic carbocycles. The molecule has 0 bridgehead atoms. The van der Waals surface area contributed by atoms with Gasteiger partial charge in [-0.25, -0.2) is 0 Å². The van der Waals surface area contributed by atoms with Gasteiger partial charge in [-0.3, -0.25) is 0 Å². The zero-order chi connectivity index (χ0) is 13.8. The van der Waals surface area contributed by atoms with Crippen LogP contribution >= 0.6 is 0 Å². The van der Waals surface area contributed by atoms with Gasteiger partial charge in [0.2, 0.25) is 0 Å². The van der Waals surface area contributed by atoms with E-state index < -0.39 is 0 Å². The van der Waals surface area contributed by atoms with Gasteiger partial charge in [-0.2, -0.15) is 0 Å². The molecule has 0 saturated heterocycles. The summed E-state index contributed by atoms with van der Waals surface area (Å²) in [6.07, 6.45) is 2.05. The average molecular weight is 263 g/mol. The molecule has 1 heterocycles. The van der Waals surface area contributed by atoms with Crippen LogP contribution in [0.4, 0.5) is 0 Å². The molecule has 0 amide bonds. The van der Waals surface area contributed by atoms with Gasteiger partial charge >= 0.3 is 0 Å². The largest absolute Gasteiger partial charge is 0.496 e. The smallest absolute Gasteiger partial charge is 0.142 e. The normalized spacial score (nSPS) is 10.9. The van der Waals surface area contributed by atoms with Crippen LogP contribution in [0.25, 0.3) is 11.0 Å². The summed E-state index contributed by atoms with van der Waals surface area (Å²) in [6.45, 7) is 2.88. The maximum atomic E-state index is 5.95. The summed E-state index contributed by atoms with van der Waals surface area (Å²) in [6, 6.07) is 3.82. The number of aryl methyl sites for hydroxylation is 1. The number of methoxy groups -OCH3 is 2. The lowest BCUT2D eigenvalue weighted by Crippen LogP contribution is -2.06. The molecule has 0 spiro atoms. The predicted octanol–water partition coefficient (Wildman–Crippen LogP) is 3.12. The molecule has 0 unspecified atom stereocenters. The van der Waals surface area contributed by atoms with Crippen LogP contribution in [-0.2, 0) is 13.0 Å². The number of ether oxygens (including phenoxy) is 2. The Hall–Kier alpha value is -1.68. The Bertz CT molecular complexity index is 560. The molecule has 0 fully saturated rings. The summed E-state index contributed by atoms with van der Waals surface area (Å²) in [4.78, 5) is 0. The number of benzene rings is 1. The summed E-state index contributed by atoms with van der Waals surface area (Å²) in [5.41, 5.74) is 2.05. The molecular weight excluding hydrogens is 242 g/mol. The number of hydrogen-bond acceptors (Lipinski definition) is 4. The highest BCUT2D eigenvalue weighted by molar-refractivity contribution is 5.90. The number of hydrogen-bond donors (Lipinski definition) is 1. The first-order valence-electron chi connectivity index (χ1n) is 6.56. The molecule has 0 atom stereocenters. The Labute approximate surface area is 113 Å². The number of nitrogens with one attached hydrogen (secondary N) is 1. The fourth-order valence-corrected chi connectivity index (χ4v) is 2.37. The summed E-state index contributed by atoms with van der Waals surface area (Å²) in [7, 11) is 5.24. The van der Waals surface area contributed by atoms with Crippen LogP contribution in [-0.4, -0.2) is 21.3 Å². The Kier molecular flexibility index (Phi) is 4.32. The van der Waals surface area contributed by atoms with E-state index in [1.54, 1.807) is 14.2 Å². The lowest BCUT2D eigenvalue weighted by Gasteiger charge is -2.06. The van der Waals surface area contributed by atoms with E-state index >= 15 is 0 Å². The maximum absolute atomic E-state index is 5.95. The van der Waals surface area contributed by atoms with Gasteiger partial charge in [0, 0.05) is 17.7 Å². The molecule has 104 valence electrons. The van der Waals surface area contributed by atoms with Crippen molar-refractivity contribution in [3.05, 3.63) is 23.5 Å². The highest BCUT2D eigenvalue weighted by atomic mass is 16.5. The molecule has 0 aliphatic heterocycles. The maximum Gasteiger partial charge on any atom is 0.142 e. The minimum Gasteiger partial charge on any atom is -0.496 e. The zero-order valence-corrected chi connectivity index (χ0v) is 12.0. The van der Waals surface area contributed by atoms with Crippen LogP contribution < -0.4 is 14.8 Å². The van der Waals surface area contributed by atoms with Crippen LogP contribution in [0.15, 0.2) is 16.5 Å². The first-order chi connectivity index (χ1) is 9.24. The molecule has 19 heavy (non-hydrogen) atoms.